The summed E-state index contributed by atoms with van der Waals surface area (Å²) in [6.45, 7) is 2.66. The van der Waals surface area contributed by atoms with Gasteiger partial charge in [-0.2, -0.15) is 0 Å². The summed E-state index contributed by atoms with van der Waals surface area (Å²) in [4.78, 5) is 24.3. The molecule has 0 bridgehead atoms. The number of halogens is 1. The van der Waals surface area contributed by atoms with Gasteiger partial charge in [0.2, 0.25) is 5.91 Å². The molecule has 0 heterocycles. The molecule has 1 aromatic carbocycles. The lowest BCUT2D eigenvalue weighted by molar-refractivity contribution is -0.138. The van der Waals surface area contributed by atoms with Gasteiger partial charge < -0.3 is 15.2 Å². The van der Waals surface area contributed by atoms with Crippen molar-refractivity contribution in [3.63, 3.8) is 0 Å². The first-order valence-corrected chi connectivity index (χ1v) is 7.37. The zero-order valence-electron chi connectivity index (χ0n) is 12.8. The molecule has 0 aliphatic rings. The summed E-state index contributed by atoms with van der Waals surface area (Å²) in [5.41, 5.74) is 0.767. The van der Waals surface area contributed by atoms with E-state index < -0.39 is 5.97 Å². The fourth-order valence-electron chi connectivity index (χ4n) is 2.06. The van der Waals surface area contributed by atoms with E-state index in [1.807, 2.05) is 6.92 Å². The average molecular weight is 329 g/mol. The van der Waals surface area contributed by atoms with Gasteiger partial charge in [0, 0.05) is 17.1 Å². The van der Waals surface area contributed by atoms with Crippen LogP contribution in [0.15, 0.2) is 18.2 Å². The van der Waals surface area contributed by atoms with Crippen molar-refractivity contribution in [3.05, 3.63) is 28.8 Å². The Morgan fingerprint density at radius 2 is 2.09 bits per heavy atom. The van der Waals surface area contributed by atoms with E-state index in [9.17, 15) is 9.59 Å². The van der Waals surface area contributed by atoms with Crippen molar-refractivity contribution in [1.82, 2.24) is 10.2 Å². The summed E-state index contributed by atoms with van der Waals surface area (Å²) < 4.78 is 5.21. The maximum atomic E-state index is 11.9. The number of nitrogens with one attached hydrogen (secondary N) is 1. The molecule has 122 valence electrons. The van der Waals surface area contributed by atoms with Crippen molar-refractivity contribution in [2.45, 2.75) is 19.9 Å². The van der Waals surface area contributed by atoms with Gasteiger partial charge in [-0.3, -0.25) is 14.5 Å². The predicted molar refractivity (Wildman–Crippen MR) is 84.2 cm³/mol. The third-order valence-electron chi connectivity index (χ3n) is 2.98. The number of methoxy groups -OCH3 is 1. The van der Waals surface area contributed by atoms with E-state index in [2.05, 4.69) is 5.32 Å². The first kappa shape index (κ1) is 18.3. The Hall–Kier alpha value is -1.79. The van der Waals surface area contributed by atoms with E-state index >= 15 is 0 Å². The maximum Gasteiger partial charge on any atom is 0.317 e. The summed E-state index contributed by atoms with van der Waals surface area (Å²) in [5, 5.41) is 12.1. The highest BCUT2D eigenvalue weighted by Gasteiger charge is 2.13. The number of carboxylic acids is 1. The Morgan fingerprint density at radius 3 is 2.68 bits per heavy atom. The van der Waals surface area contributed by atoms with Crippen molar-refractivity contribution < 1.29 is 19.4 Å². The van der Waals surface area contributed by atoms with Crippen molar-refractivity contribution >= 4 is 23.5 Å². The minimum Gasteiger partial charge on any atom is -0.496 e. The Labute approximate surface area is 135 Å². The highest BCUT2D eigenvalue weighted by Crippen LogP contribution is 2.22. The van der Waals surface area contributed by atoms with Crippen LogP contribution in [-0.2, 0) is 16.1 Å². The molecule has 1 amide bonds. The van der Waals surface area contributed by atoms with E-state index in [4.69, 9.17) is 21.4 Å². The van der Waals surface area contributed by atoms with Crippen LogP contribution < -0.4 is 10.1 Å². The quantitative estimate of drug-likeness (QED) is 0.722. The molecule has 0 unspecified atom stereocenters. The van der Waals surface area contributed by atoms with Gasteiger partial charge >= 0.3 is 5.97 Å². The largest absolute Gasteiger partial charge is 0.496 e. The highest BCUT2D eigenvalue weighted by molar-refractivity contribution is 6.30. The van der Waals surface area contributed by atoms with E-state index in [1.165, 1.54) is 0 Å². The average Bonchev–Trinajstić information content (AvgIpc) is 2.45. The summed E-state index contributed by atoms with van der Waals surface area (Å²) in [5.74, 6) is -0.546. The Kier molecular flexibility index (Phi) is 7.70. The van der Waals surface area contributed by atoms with Crippen LogP contribution in [0, 0.1) is 0 Å². The van der Waals surface area contributed by atoms with Crippen LogP contribution in [-0.4, -0.2) is 48.6 Å². The maximum absolute atomic E-state index is 11.9. The smallest absolute Gasteiger partial charge is 0.317 e. The number of hydrogen-bond acceptors (Lipinski definition) is 4. The first-order valence-electron chi connectivity index (χ1n) is 6.99. The number of carboxylic acid groups (broad SMARTS) is 1. The first-order chi connectivity index (χ1) is 10.5. The zero-order chi connectivity index (χ0) is 16.5. The van der Waals surface area contributed by atoms with E-state index in [-0.39, 0.29) is 25.5 Å². The van der Waals surface area contributed by atoms with Gasteiger partial charge in [0.15, 0.2) is 0 Å². The number of hydrogen-bond donors (Lipinski definition) is 2. The van der Waals surface area contributed by atoms with Gasteiger partial charge in [-0.1, -0.05) is 18.5 Å². The van der Waals surface area contributed by atoms with Crippen LogP contribution in [0.2, 0.25) is 5.02 Å². The second-order valence-corrected chi connectivity index (χ2v) is 5.27. The van der Waals surface area contributed by atoms with Crippen LogP contribution >= 0.6 is 11.6 Å². The number of carbonyl (C=O) groups excluding carboxylic acids is 1. The Bertz CT molecular complexity index is 522. The van der Waals surface area contributed by atoms with Crippen molar-refractivity contribution in [1.29, 1.82) is 0 Å². The van der Waals surface area contributed by atoms with Crippen LogP contribution in [0.5, 0.6) is 5.75 Å². The molecule has 0 saturated carbocycles. The summed E-state index contributed by atoms with van der Waals surface area (Å²) in [6.07, 6.45) is 0.780. The number of carbonyl (C=O) groups is 2. The van der Waals surface area contributed by atoms with Gasteiger partial charge in [-0.25, -0.2) is 0 Å². The van der Waals surface area contributed by atoms with Gasteiger partial charge in [0.1, 0.15) is 5.75 Å². The number of ether oxygens (including phenoxy) is 1. The summed E-state index contributed by atoms with van der Waals surface area (Å²) in [7, 11) is 1.55. The van der Waals surface area contributed by atoms with E-state index in [1.54, 1.807) is 30.2 Å². The molecule has 7 heteroatoms. The lowest BCUT2D eigenvalue weighted by atomic mass is 10.2. The van der Waals surface area contributed by atoms with Crippen molar-refractivity contribution in [2.24, 2.45) is 0 Å². The van der Waals surface area contributed by atoms with Gasteiger partial charge in [0.05, 0.1) is 20.2 Å². The minimum absolute atomic E-state index is 0.0447. The van der Waals surface area contributed by atoms with Crippen LogP contribution in [0.1, 0.15) is 18.9 Å². The number of benzene rings is 1. The lowest BCUT2D eigenvalue weighted by Crippen LogP contribution is -2.40. The monoisotopic (exact) mass is 328 g/mol. The van der Waals surface area contributed by atoms with Gasteiger partial charge in [0.25, 0.3) is 0 Å². The lowest BCUT2D eigenvalue weighted by Gasteiger charge is -2.19. The molecule has 0 aliphatic heterocycles. The molecule has 0 aliphatic carbocycles. The predicted octanol–water partition coefficient (Wildman–Crippen LogP) is 1.76. The molecule has 2 N–H and O–H groups in total. The molecule has 0 fully saturated rings. The minimum atomic E-state index is -0.947. The molecule has 0 spiro atoms. The SMILES string of the molecule is CCCN(CC(=O)O)CC(=O)NCc1cc(Cl)ccc1OC. The van der Waals surface area contributed by atoms with Gasteiger partial charge in [-0.05, 0) is 31.2 Å². The zero-order valence-corrected chi connectivity index (χ0v) is 13.5. The fraction of sp³-hybridized carbons (Fsp3) is 0.467. The van der Waals surface area contributed by atoms with Crippen molar-refractivity contribution in [2.75, 3.05) is 26.7 Å². The molecule has 0 atom stereocenters. The Morgan fingerprint density at radius 1 is 1.36 bits per heavy atom. The summed E-state index contributed by atoms with van der Waals surface area (Å²) in [6, 6.07) is 5.17. The molecule has 6 nitrogen and oxygen atoms in total. The van der Waals surface area contributed by atoms with Crippen LogP contribution in [0.3, 0.4) is 0 Å². The summed E-state index contributed by atoms with van der Waals surface area (Å²) >= 11 is 5.93. The number of amides is 1. The number of aliphatic carboxylic acids is 1. The fourth-order valence-corrected chi connectivity index (χ4v) is 2.25. The number of rotatable bonds is 9. The Balaban J connectivity index is 2.58. The van der Waals surface area contributed by atoms with Crippen LogP contribution in [0.4, 0.5) is 0 Å². The topological polar surface area (TPSA) is 78.9 Å². The number of nitrogens with zero attached hydrogens (tertiary/aromatic N) is 1. The third kappa shape index (κ3) is 6.32. The molecule has 0 radical (unpaired) electrons. The molecular formula is C15H21ClN2O4. The highest BCUT2D eigenvalue weighted by atomic mass is 35.5. The van der Waals surface area contributed by atoms with E-state index in [0.29, 0.717) is 17.3 Å². The van der Waals surface area contributed by atoms with Gasteiger partial charge in [-0.15, -0.1) is 0 Å². The molecule has 22 heavy (non-hydrogen) atoms. The van der Waals surface area contributed by atoms with Crippen molar-refractivity contribution in [3.8, 4) is 5.75 Å². The van der Waals surface area contributed by atoms with E-state index in [0.717, 1.165) is 12.0 Å². The standard InChI is InChI=1S/C15H21ClN2O4/c1-3-6-18(10-15(20)21)9-14(19)17-8-11-7-12(16)4-5-13(11)22-2/h4-5,7H,3,6,8-10H2,1-2H3,(H,17,19)(H,20,21). The second kappa shape index (κ2) is 9.27. The normalized spacial score (nSPS) is 10.5. The molecule has 0 saturated heterocycles. The van der Waals surface area contributed by atoms with Crippen LogP contribution in [0.25, 0.3) is 0 Å². The molecular weight excluding hydrogens is 308 g/mol. The third-order valence-corrected chi connectivity index (χ3v) is 3.22. The second-order valence-electron chi connectivity index (χ2n) is 4.84. The molecule has 1 aromatic rings. The molecule has 1 rings (SSSR count). The molecule has 0 aromatic heterocycles.